The van der Waals surface area contributed by atoms with E-state index in [1.54, 1.807) is 0 Å². The molecule has 6 aromatic rings. The maximum absolute atomic E-state index is 6.64. The van der Waals surface area contributed by atoms with E-state index in [0.717, 1.165) is 46.1 Å². The molecule has 0 radical (unpaired) electrons. The number of ether oxygens (including phenoxy) is 1. The lowest BCUT2D eigenvalue weighted by atomic mass is 9.86. The zero-order chi connectivity index (χ0) is 28.3. The van der Waals surface area contributed by atoms with Gasteiger partial charge in [-0.05, 0) is 78.1 Å². The van der Waals surface area contributed by atoms with E-state index in [1.807, 2.05) is 18.3 Å². The first-order valence-corrected chi connectivity index (χ1v) is 14.1. The molecule has 0 spiro atoms. The molecule has 0 fully saturated rings. The van der Waals surface area contributed by atoms with E-state index < -0.39 is 0 Å². The van der Waals surface area contributed by atoms with Crippen LogP contribution in [0.15, 0.2) is 103 Å². The molecular weight excluding hydrogens is 504 g/mol. The van der Waals surface area contributed by atoms with Crippen molar-refractivity contribution in [3.05, 3.63) is 114 Å². The van der Waals surface area contributed by atoms with E-state index in [4.69, 9.17) is 9.72 Å². The Morgan fingerprint density at radius 1 is 0.732 bits per heavy atom. The molecule has 0 N–H and O–H groups in total. The molecule has 3 heterocycles. The van der Waals surface area contributed by atoms with Crippen LogP contribution in [-0.2, 0) is 5.41 Å². The summed E-state index contributed by atoms with van der Waals surface area (Å²) in [4.78, 5) is 9.42. The van der Waals surface area contributed by atoms with E-state index in [2.05, 4.69) is 134 Å². The van der Waals surface area contributed by atoms with Gasteiger partial charge in [0.05, 0.1) is 29.2 Å². The summed E-state index contributed by atoms with van der Waals surface area (Å²) in [6, 6.07) is 34.2. The maximum atomic E-state index is 6.64. The fraction of sp³-hybridized carbons (Fsp3) is 0.194. The Hall–Kier alpha value is -4.77. The van der Waals surface area contributed by atoms with Gasteiger partial charge in [-0.25, -0.2) is 4.98 Å². The SMILES string of the molecule is Cc1ccc2c(c1)N(C)CN2c1cc(Oc2cccc(-n3c4ccccc4c4cccnc43)c2)cc(C(C)(C)C)c1. The molecule has 0 saturated heterocycles. The largest absolute Gasteiger partial charge is 0.457 e. The van der Waals surface area contributed by atoms with Crippen molar-refractivity contribution in [2.24, 2.45) is 0 Å². The quantitative estimate of drug-likeness (QED) is 0.224. The third-order valence-corrected chi connectivity index (χ3v) is 8.00. The number of rotatable bonds is 4. The lowest BCUT2D eigenvalue weighted by Gasteiger charge is -2.25. The van der Waals surface area contributed by atoms with Crippen LogP contribution in [0.25, 0.3) is 27.6 Å². The second-order valence-corrected chi connectivity index (χ2v) is 12.1. The molecule has 1 aliphatic heterocycles. The molecule has 0 aliphatic carbocycles. The Balaban J connectivity index is 1.30. The van der Waals surface area contributed by atoms with E-state index in [0.29, 0.717) is 0 Å². The number of pyridine rings is 1. The predicted molar refractivity (Wildman–Crippen MR) is 170 cm³/mol. The van der Waals surface area contributed by atoms with Gasteiger partial charge in [-0.3, -0.25) is 4.57 Å². The minimum Gasteiger partial charge on any atom is -0.457 e. The molecule has 2 aromatic heterocycles. The third kappa shape index (κ3) is 4.38. The summed E-state index contributed by atoms with van der Waals surface area (Å²) in [7, 11) is 2.15. The number of fused-ring (bicyclic) bond motifs is 4. The first kappa shape index (κ1) is 25.2. The summed E-state index contributed by atoms with van der Waals surface area (Å²) in [6.45, 7) is 9.69. The van der Waals surface area contributed by atoms with Crippen LogP contribution in [0.4, 0.5) is 17.1 Å². The molecule has 4 aromatic carbocycles. The predicted octanol–water partition coefficient (Wildman–Crippen LogP) is 9.12. The topological polar surface area (TPSA) is 33.5 Å². The number of hydrogen-bond donors (Lipinski definition) is 0. The minimum atomic E-state index is -0.0354. The van der Waals surface area contributed by atoms with Gasteiger partial charge in [0.2, 0.25) is 0 Å². The Morgan fingerprint density at radius 2 is 1.54 bits per heavy atom. The van der Waals surface area contributed by atoms with Crippen molar-refractivity contribution >= 4 is 39.0 Å². The van der Waals surface area contributed by atoms with Crippen molar-refractivity contribution in [2.45, 2.75) is 33.1 Å². The van der Waals surface area contributed by atoms with Crippen LogP contribution in [0.3, 0.4) is 0 Å². The first-order valence-electron chi connectivity index (χ1n) is 14.1. The lowest BCUT2D eigenvalue weighted by Crippen LogP contribution is -2.24. The molecule has 0 unspecified atom stereocenters. The van der Waals surface area contributed by atoms with E-state index in [1.165, 1.54) is 27.9 Å². The highest BCUT2D eigenvalue weighted by Gasteiger charge is 2.26. The van der Waals surface area contributed by atoms with Gasteiger partial charge in [0.15, 0.2) is 0 Å². The molecule has 5 nitrogen and oxygen atoms in total. The van der Waals surface area contributed by atoms with Crippen LogP contribution in [0.5, 0.6) is 11.5 Å². The molecule has 7 rings (SSSR count). The average molecular weight is 539 g/mol. The van der Waals surface area contributed by atoms with Crippen molar-refractivity contribution in [3.63, 3.8) is 0 Å². The normalized spacial score (nSPS) is 13.3. The number of benzene rings is 4. The molecule has 0 bridgehead atoms. The summed E-state index contributed by atoms with van der Waals surface area (Å²) >= 11 is 0. The first-order chi connectivity index (χ1) is 19.8. The number of aromatic nitrogens is 2. The van der Waals surface area contributed by atoms with E-state index >= 15 is 0 Å². The summed E-state index contributed by atoms with van der Waals surface area (Å²) in [5.74, 6) is 1.61. The average Bonchev–Trinajstić information content (AvgIpc) is 3.47. The zero-order valence-corrected chi connectivity index (χ0v) is 24.2. The van der Waals surface area contributed by atoms with Gasteiger partial charge in [0.1, 0.15) is 17.1 Å². The van der Waals surface area contributed by atoms with Gasteiger partial charge < -0.3 is 14.5 Å². The van der Waals surface area contributed by atoms with Crippen molar-refractivity contribution in [2.75, 3.05) is 23.5 Å². The second-order valence-electron chi connectivity index (χ2n) is 12.1. The van der Waals surface area contributed by atoms with Crippen molar-refractivity contribution in [1.29, 1.82) is 0 Å². The number of hydrogen-bond acceptors (Lipinski definition) is 4. The van der Waals surface area contributed by atoms with Crippen molar-refractivity contribution in [3.8, 4) is 17.2 Å². The number of aryl methyl sites for hydroxylation is 1. The van der Waals surface area contributed by atoms with Crippen LogP contribution in [0.2, 0.25) is 0 Å². The summed E-state index contributed by atoms with van der Waals surface area (Å²) in [5, 5.41) is 2.33. The zero-order valence-electron chi connectivity index (χ0n) is 24.2. The Labute approximate surface area is 241 Å². The maximum Gasteiger partial charge on any atom is 0.145 e. The van der Waals surface area contributed by atoms with Gasteiger partial charge in [-0.15, -0.1) is 0 Å². The fourth-order valence-corrected chi connectivity index (χ4v) is 5.86. The minimum absolute atomic E-state index is 0.0354. The van der Waals surface area contributed by atoms with Crippen LogP contribution in [0.1, 0.15) is 31.9 Å². The molecule has 5 heteroatoms. The van der Waals surface area contributed by atoms with E-state index in [9.17, 15) is 0 Å². The molecule has 0 atom stereocenters. The number of anilines is 3. The monoisotopic (exact) mass is 538 g/mol. The molecule has 0 saturated carbocycles. The number of nitrogens with zero attached hydrogens (tertiary/aromatic N) is 4. The van der Waals surface area contributed by atoms with Gasteiger partial charge >= 0.3 is 0 Å². The fourth-order valence-electron chi connectivity index (χ4n) is 5.86. The van der Waals surface area contributed by atoms with E-state index in [-0.39, 0.29) is 5.41 Å². The molecule has 0 amide bonds. The molecule has 1 aliphatic rings. The Kier molecular flexibility index (Phi) is 5.79. The Morgan fingerprint density at radius 3 is 2.39 bits per heavy atom. The van der Waals surface area contributed by atoms with Crippen molar-refractivity contribution in [1.82, 2.24) is 9.55 Å². The van der Waals surface area contributed by atoms with Gasteiger partial charge in [-0.2, -0.15) is 0 Å². The van der Waals surface area contributed by atoms with Crippen LogP contribution >= 0.6 is 0 Å². The Bertz CT molecular complexity index is 1880. The van der Waals surface area contributed by atoms with Gasteiger partial charge in [0.25, 0.3) is 0 Å². The highest BCUT2D eigenvalue weighted by Crippen LogP contribution is 2.43. The third-order valence-electron chi connectivity index (χ3n) is 8.00. The summed E-state index contributed by atoms with van der Waals surface area (Å²) < 4.78 is 8.85. The lowest BCUT2D eigenvalue weighted by molar-refractivity contribution is 0.478. The molecular formula is C36H34N4O. The van der Waals surface area contributed by atoms with Crippen LogP contribution < -0.4 is 14.5 Å². The van der Waals surface area contributed by atoms with Gasteiger partial charge in [-0.1, -0.05) is 51.1 Å². The highest BCUT2D eigenvalue weighted by atomic mass is 16.5. The highest BCUT2D eigenvalue weighted by molar-refractivity contribution is 6.07. The molecule has 41 heavy (non-hydrogen) atoms. The van der Waals surface area contributed by atoms with Crippen LogP contribution in [-0.4, -0.2) is 23.3 Å². The van der Waals surface area contributed by atoms with Gasteiger partial charge in [0, 0.05) is 41.8 Å². The van der Waals surface area contributed by atoms with Crippen LogP contribution in [0, 0.1) is 6.92 Å². The summed E-state index contributed by atoms with van der Waals surface area (Å²) in [5.41, 5.74) is 9.15. The van der Waals surface area contributed by atoms with Crippen molar-refractivity contribution < 1.29 is 4.74 Å². The molecule has 204 valence electrons. The number of para-hydroxylation sites is 1. The smallest absolute Gasteiger partial charge is 0.145 e. The standard InChI is InChI=1S/C36H34N4O/c1-24-15-16-33-34(18-24)38(5)23-39(33)27-19-25(36(2,3)4)20-29(22-27)41-28-11-8-10-26(21-28)40-32-14-7-6-12-30(32)31-13-9-17-37-35(31)40/h6-22H,23H2,1-5H3. The second kappa shape index (κ2) is 9.41. The summed E-state index contributed by atoms with van der Waals surface area (Å²) in [6.07, 6.45) is 1.85.